The van der Waals surface area contributed by atoms with Crippen LogP contribution < -0.4 is 5.90 Å². The van der Waals surface area contributed by atoms with Gasteiger partial charge in [0, 0.05) is 6.72 Å². The summed E-state index contributed by atoms with van der Waals surface area (Å²) in [7, 11) is 0. The first-order valence-corrected chi connectivity index (χ1v) is 3.84. The van der Waals surface area contributed by atoms with Crippen LogP contribution in [0.1, 0.15) is 5.56 Å². The summed E-state index contributed by atoms with van der Waals surface area (Å²) in [6.45, 7) is 1.77. The Hall–Kier alpha value is -1.74. The van der Waals surface area contributed by atoms with Gasteiger partial charge >= 0.3 is 0 Å². The van der Waals surface area contributed by atoms with E-state index in [2.05, 4.69) is 22.6 Å². The topological polar surface area (TPSA) is 67.8 Å². The van der Waals surface area contributed by atoms with Crippen LogP contribution in [0.5, 0.6) is 0 Å². The summed E-state index contributed by atoms with van der Waals surface area (Å²) < 4.78 is 62.8. The van der Waals surface area contributed by atoms with Crippen LogP contribution in [0.25, 0.3) is 0 Å². The molecule has 4 nitrogen and oxygen atoms in total. The van der Waals surface area contributed by atoms with E-state index in [0.717, 1.165) is 0 Å². The van der Waals surface area contributed by atoms with Gasteiger partial charge in [0.2, 0.25) is 5.82 Å². The number of halogens is 5. The van der Waals surface area contributed by atoms with E-state index in [4.69, 9.17) is 5.21 Å². The third-order valence-electron chi connectivity index (χ3n) is 1.53. The monoisotopic (exact) mass is 258 g/mol. The Morgan fingerprint density at radius 1 is 1.00 bits per heavy atom. The zero-order chi connectivity index (χ0) is 13.6. The predicted molar refractivity (Wildman–Crippen MR) is 46.5 cm³/mol. The maximum atomic E-state index is 12.7. The third-order valence-corrected chi connectivity index (χ3v) is 1.53. The molecular weight excluding hydrogens is 251 g/mol. The van der Waals surface area contributed by atoms with Crippen LogP contribution in [0.3, 0.4) is 0 Å². The minimum atomic E-state index is -2.21. The van der Waals surface area contributed by atoms with Gasteiger partial charge in [-0.05, 0) is 0 Å². The smallest absolute Gasteiger partial charge is 0.200 e. The van der Waals surface area contributed by atoms with Crippen molar-refractivity contribution in [2.45, 2.75) is 6.61 Å². The summed E-state index contributed by atoms with van der Waals surface area (Å²) in [5.41, 5.74) is -1.09. The summed E-state index contributed by atoms with van der Waals surface area (Å²) in [5, 5.41) is 9.33. The molecule has 1 rings (SSSR count). The Balaban J connectivity index is 0.000000770. The standard InChI is InChI=1S/C7H4F5NO.CH3NO/c8-3-2(1-14-13)4(9)6(11)7(12)5(3)10;1-2-3/h1,13H2;3H,1H2. The highest BCUT2D eigenvalue weighted by atomic mass is 19.2. The minimum absolute atomic E-state index is 0.897. The second kappa shape index (κ2) is 6.76. The van der Waals surface area contributed by atoms with Crippen LogP contribution in [0.15, 0.2) is 5.16 Å². The summed E-state index contributed by atoms with van der Waals surface area (Å²) in [5.74, 6) is -5.65. The van der Waals surface area contributed by atoms with Crippen molar-refractivity contribution in [2.24, 2.45) is 11.1 Å². The van der Waals surface area contributed by atoms with Crippen LogP contribution >= 0.6 is 0 Å². The molecular formula is C8H7F5N2O2. The summed E-state index contributed by atoms with van der Waals surface area (Å²) in [6.07, 6.45) is 0. The molecule has 0 unspecified atom stereocenters. The van der Waals surface area contributed by atoms with Gasteiger partial charge in [0.25, 0.3) is 0 Å². The van der Waals surface area contributed by atoms with Crippen molar-refractivity contribution in [3.8, 4) is 0 Å². The van der Waals surface area contributed by atoms with Crippen molar-refractivity contribution in [3.63, 3.8) is 0 Å². The van der Waals surface area contributed by atoms with Crippen LogP contribution in [0.2, 0.25) is 0 Å². The van der Waals surface area contributed by atoms with Gasteiger partial charge in [-0.3, -0.25) is 4.84 Å². The molecule has 0 atom stereocenters. The van der Waals surface area contributed by atoms with Crippen molar-refractivity contribution < 1.29 is 32.0 Å². The fourth-order valence-electron chi connectivity index (χ4n) is 0.860. The van der Waals surface area contributed by atoms with Gasteiger partial charge in [-0.2, -0.15) is 0 Å². The van der Waals surface area contributed by atoms with E-state index in [1.165, 1.54) is 0 Å². The normalized spacial score (nSPS) is 9.53. The zero-order valence-electron chi connectivity index (χ0n) is 8.18. The van der Waals surface area contributed by atoms with Gasteiger partial charge in [0.15, 0.2) is 23.3 Å². The van der Waals surface area contributed by atoms with Gasteiger partial charge in [0.1, 0.15) is 0 Å². The van der Waals surface area contributed by atoms with Crippen LogP contribution in [0, 0.1) is 29.1 Å². The van der Waals surface area contributed by atoms with E-state index in [0.29, 0.717) is 0 Å². The molecule has 17 heavy (non-hydrogen) atoms. The average molecular weight is 258 g/mol. The zero-order valence-corrected chi connectivity index (χ0v) is 8.18. The molecule has 0 amide bonds. The fourth-order valence-corrected chi connectivity index (χ4v) is 0.860. The second-order valence-electron chi connectivity index (χ2n) is 2.50. The minimum Gasteiger partial charge on any atom is -0.411 e. The maximum Gasteiger partial charge on any atom is 0.200 e. The van der Waals surface area contributed by atoms with E-state index in [1.54, 1.807) is 0 Å². The fraction of sp³-hybridized carbons (Fsp3) is 0.125. The van der Waals surface area contributed by atoms with Gasteiger partial charge in [-0.1, -0.05) is 0 Å². The molecule has 0 spiro atoms. The van der Waals surface area contributed by atoms with E-state index in [-0.39, 0.29) is 0 Å². The lowest BCUT2D eigenvalue weighted by Crippen LogP contribution is -2.10. The van der Waals surface area contributed by atoms with E-state index in [9.17, 15) is 22.0 Å². The largest absolute Gasteiger partial charge is 0.411 e. The summed E-state index contributed by atoms with van der Waals surface area (Å²) in [4.78, 5) is 3.80. The Labute approximate surface area is 92.0 Å². The van der Waals surface area contributed by atoms with Crippen molar-refractivity contribution >= 4 is 6.72 Å². The molecule has 0 aliphatic rings. The van der Waals surface area contributed by atoms with Crippen LogP contribution in [0.4, 0.5) is 22.0 Å². The second-order valence-corrected chi connectivity index (χ2v) is 2.50. The molecule has 0 fully saturated rings. The Morgan fingerprint density at radius 3 is 1.59 bits per heavy atom. The summed E-state index contributed by atoms with van der Waals surface area (Å²) in [6, 6.07) is 0. The Kier molecular flexibility index (Phi) is 6.07. The lowest BCUT2D eigenvalue weighted by molar-refractivity contribution is 0.117. The number of hydrogen-bond donors (Lipinski definition) is 2. The molecule has 0 saturated carbocycles. The third kappa shape index (κ3) is 3.36. The van der Waals surface area contributed by atoms with E-state index in [1.807, 2.05) is 0 Å². The highest BCUT2D eigenvalue weighted by molar-refractivity contribution is 5.23. The molecule has 0 saturated heterocycles. The maximum absolute atomic E-state index is 12.7. The molecule has 1 aromatic carbocycles. The predicted octanol–water partition coefficient (Wildman–Crippen LogP) is 1.85. The van der Waals surface area contributed by atoms with Crippen molar-refractivity contribution in [2.75, 3.05) is 0 Å². The first kappa shape index (κ1) is 15.3. The van der Waals surface area contributed by atoms with Gasteiger partial charge in [0.05, 0.1) is 12.2 Å². The quantitative estimate of drug-likeness (QED) is 0.212. The number of hydrogen-bond acceptors (Lipinski definition) is 4. The highest BCUT2D eigenvalue weighted by Crippen LogP contribution is 2.23. The summed E-state index contributed by atoms with van der Waals surface area (Å²) >= 11 is 0. The molecule has 1 aromatic rings. The van der Waals surface area contributed by atoms with Gasteiger partial charge < -0.3 is 5.21 Å². The molecule has 0 aliphatic heterocycles. The molecule has 9 heteroatoms. The molecule has 0 radical (unpaired) electrons. The molecule has 3 N–H and O–H groups in total. The average Bonchev–Trinajstić information content (AvgIpc) is 2.31. The number of rotatable bonds is 2. The first-order valence-electron chi connectivity index (χ1n) is 3.84. The van der Waals surface area contributed by atoms with E-state index >= 15 is 0 Å². The number of nitrogens with two attached hydrogens (primary N) is 1. The number of nitrogens with zero attached hydrogens (tertiary/aromatic N) is 1. The first-order chi connectivity index (χ1) is 7.92. The number of oxime groups is 1. The van der Waals surface area contributed by atoms with Crippen molar-refractivity contribution in [3.05, 3.63) is 34.6 Å². The van der Waals surface area contributed by atoms with Crippen molar-refractivity contribution in [1.82, 2.24) is 0 Å². The molecule has 0 bridgehead atoms. The molecule has 0 heterocycles. The highest BCUT2D eigenvalue weighted by Gasteiger charge is 2.25. The Morgan fingerprint density at radius 2 is 1.29 bits per heavy atom. The lowest BCUT2D eigenvalue weighted by atomic mass is 10.2. The molecule has 96 valence electrons. The molecule has 0 aliphatic carbocycles. The number of benzene rings is 1. The Bertz CT molecular complexity index is 384. The van der Waals surface area contributed by atoms with Crippen molar-refractivity contribution in [1.29, 1.82) is 0 Å². The van der Waals surface area contributed by atoms with Gasteiger partial charge in [-0.25, -0.2) is 27.8 Å². The molecule has 0 aromatic heterocycles. The van der Waals surface area contributed by atoms with Crippen LogP contribution in [-0.4, -0.2) is 11.9 Å². The SMILES string of the molecule is C=NO.NOCc1c(F)c(F)c(F)c(F)c1F. The van der Waals surface area contributed by atoms with E-state index < -0.39 is 41.3 Å². The van der Waals surface area contributed by atoms with Gasteiger partial charge in [-0.15, -0.1) is 5.16 Å². The lowest BCUT2D eigenvalue weighted by Gasteiger charge is -2.06. The van der Waals surface area contributed by atoms with Crippen LogP contribution in [-0.2, 0) is 11.4 Å².